The highest BCUT2D eigenvalue weighted by molar-refractivity contribution is 7.17. The summed E-state index contributed by atoms with van der Waals surface area (Å²) in [5.41, 5.74) is 0. The van der Waals surface area contributed by atoms with Gasteiger partial charge in [-0.3, -0.25) is 9.59 Å². The molecular formula is C18H23ClN2O2S. The summed E-state index contributed by atoms with van der Waals surface area (Å²) in [5, 5.41) is 2.99. The van der Waals surface area contributed by atoms with Gasteiger partial charge >= 0.3 is 0 Å². The van der Waals surface area contributed by atoms with E-state index in [1.54, 1.807) is 12.1 Å². The fourth-order valence-electron chi connectivity index (χ4n) is 3.39. The third-order valence-corrected chi connectivity index (χ3v) is 6.12. The second kappa shape index (κ2) is 8.17. The van der Waals surface area contributed by atoms with E-state index in [4.69, 9.17) is 11.6 Å². The van der Waals surface area contributed by atoms with E-state index in [9.17, 15) is 9.59 Å². The summed E-state index contributed by atoms with van der Waals surface area (Å²) in [5.74, 6) is 0.879. The van der Waals surface area contributed by atoms with Gasteiger partial charge < -0.3 is 10.2 Å². The van der Waals surface area contributed by atoms with Crippen LogP contribution in [-0.2, 0) is 4.79 Å². The maximum Gasteiger partial charge on any atom is 0.261 e. The highest BCUT2D eigenvalue weighted by Gasteiger charge is 2.28. The van der Waals surface area contributed by atoms with Crippen LogP contribution in [0.5, 0.6) is 0 Å². The van der Waals surface area contributed by atoms with Crippen molar-refractivity contribution < 1.29 is 9.59 Å². The standard InChI is InChI=1S/C18H23ClN2O2S/c19-16-7-6-15(24-16)17(22)20-12-13-8-10-21(11-9-13)18(23)14-4-2-1-3-5-14/h1-2,6-7,13-14H,3-5,8-12H2,(H,20,22). The van der Waals surface area contributed by atoms with Crippen molar-refractivity contribution >= 4 is 34.8 Å². The monoisotopic (exact) mass is 366 g/mol. The molecule has 1 fully saturated rings. The molecule has 6 heteroatoms. The van der Waals surface area contributed by atoms with E-state index in [1.165, 1.54) is 11.3 Å². The zero-order valence-corrected chi connectivity index (χ0v) is 15.2. The number of amides is 2. The predicted octanol–water partition coefficient (Wildman–Crippen LogP) is 3.73. The first-order valence-corrected chi connectivity index (χ1v) is 9.80. The molecule has 4 nitrogen and oxygen atoms in total. The zero-order valence-electron chi connectivity index (χ0n) is 13.7. The van der Waals surface area contributed by atoms with Crippen LogP contribution < -0.4 is 5.32 Å². The number of nitrogens with zero attached hydrogens (tertiary/aromatic N) is 1. The first-order valence-electron chi connectivity index (χ1n) is 8.61. The van der Waals surface area contributed by atoms with Crippen LogP contribution >= 0.6 is 22.9 Å². The topological polar surface area (TPSA) is 49.4 Å². The molecule has 0 aromatic carbocycles. The molecule has 1 atom stereocenters. The fraction of sp³-hybridized carbons (Fsp3) is 0.556. The Balaban J connectivity index is 1.41. The predicted molar refractivity (Wildman–Crippen MR) is 97.4 cm³/mol. The molecule has 24 heavy (non-hydrogen) atoms. The van der Waals surface area contributed by atoms with Gasteiger partial charge in [-0.05, 0) is 50.2 Å². The molecule has 2 aliphatic rings. The van der Waals surface area contributed by atoms with Crippen LogP contribution in [0.4, 0.5) is 0 Å². The summed E-state index contributed by atoms with van der Waals surface area (Å²) < 4.78 is 0.629. The van der Waals surface area contributed by atoms with Gasteiger partial charge in [-0.2, -0.15) is 0 Å². The number of piperidine rings is 1. The van der Waals surface area contributed by atoms with Gasteiger partial charge in [-0.25, -0.2) is 0 Å². The Morgan fingerprint density at radius 3 is 2.62 bits per heavy atom. The SMILES string of the molecule is O=C(NCC1CCN(C(=O)C2CC=CCC2)CC1)c1ccc(Cl)s1. The highest BCUT2D eigenvalue weighted by Crippen LogP contribution is 2.25. The normalized spacial score (nSPS) is 21.7. The molecule has 2 heterocycles. The van der Waals surface area contributed by atoms with E-state index in [0.29, 0.717) is 27.6 Å². The highest BCUT2D eigenvalue weighted by atomic mass is 35.5. The summed E-state index contributed by atoms with van der Waals surface area (Å²) >= 11 is 7.16. The Morgan fingerprint density at radius 2 is 2.00 bits per heavy atom. The van der Waals surface area contributed by atoms with Crippen molar-refractivity contribution in [2.75, 3.05) is 19.6 Å². The lowest BCUT2D eigenvalue weighted by atomic mass is 9.91. The van der Waals surface area contributed by atoms with Crippen molar-refractivity contribution in [3.05, 3.63) is 33.5 Å². The smallest absolute Gasteiger partial charge is 0.261 e. The van der Waals surface area contributed by atoms with E-state index in [1.807, 2.05) is 4.90 Å². The fourth-order valence-corrected chi connectivity index (χ4v) is 4.35. The lowest BCUT2D eigenvalue weighted by Crippen LogP contribution is -2.44. The number of rotatable bonds is 4. The van der Waals surface area contributed by atoms with Gasteiger partial charge in [0.15, 0.2) is 0 Å². The van der Waals surface area contributed by atoms with E-state index in [2.05, 4.69) is 17.5 Å². The number of carbonyl (C=O) groups excluding carboxylic acids is 2. The molecule has 1 N–H and O–H groups in total. The average molecular weight is 367 g/mol. The molecule has 2 amide bonds. The summed E-state index contributed by atoms with van der Waals surface area (Å²) in [6.45, 7) is 2.29. The van der Waals surface area contributed by atoms with Crippen LogP contribution in [0.2, 0.25) is 4.34 Å². The lowest BCUT2D eigenvalue weighted by molar-refractivity contribution is -0.137. The molecule has 0 spiro atoms. The summed E-state index contributed by atoms with van der Waals surface area (Å²) in [6.07, 6.45) is 9.10. The Kier molecular flexibility index (Phi) is 5.95. The van der Waals surface area contributed by atoms with Crippen molar-refractivity contribution in [2.45, 2.75) is 32.1 Å². The molecule has 1 aromatic rings. The van der Waals surface area contributed by atoms with Crippen molar-refractivity contribution in [1.29, 1.82) is 0 Å². The van der Waals surface area contributed by atoms with E-state index in [-0.39, 0.29) is 11.8 Å². The minimum atomic E-state index is -0.0561. The molecule has 0 radical (unpaired) electrons. The first-order chi connectivity index (χ1) is 11.6. The second-order valence-corrected chi connectivity index (χ2v) is 8.28. The molecule has 1 unspecified atom stereocenters. The van der Waals surface area contributed by atoms with Crippen LogP contribution in [-0.4, -0.2) is 36.3 Å². The Hall–Kier alpha value is -1.33. The third kappa shape index (κ3) is 4.39. The molecule has 1 saturated heterocycles. The van der Waals surface area contributed by atoms with Crippen LogP contribution in [0.1, 0.15) is 41.8 Å². The number of allylic oxidation sites excluding steroid dienone is 2. The van der Waals surface area contributed by atoms with Gasteiger partial charge in [0.25, 0.3) is 5.91 Å². The van der Waals surface area contributed by atoms with Crippen molar-refractivity contribution in [3.63, 3.8) is 0 Å². The molecule has 1 aliphatic carbocycles. The van der Waals surface area contributed by atoms with Gasteiger partial charge in [0.1, 0.15) is 0 Å². The van der Waals surface area contributed by atoms with Crippen LogP contribution in [0.15, 0.2) is 24.3 Å². The summed E-state index contributed by atoms with van der Waals surface area (Å²) in [6, 6.07) is 3.49. The minimum absolute atomic E-state index is 0.0561. The van der Waals surface area contributed by atoms with E-state index in [0.717, 1.165) is 45.2 Å². The Bertz CT molecular complexity index is 620. The molecule has 0 saturated carbocycles. The molecule has 0 bridgehead atoms. The van der Waals surface area contributed by atoms with Crippen LogP contribution in [0, 0.1) is 11.8 Å². The number of thiophene rings is 1. The molecular weight excluding hydrogens is 344 g/mol. The molecule has 130 valence electrons. The third-order valence-electron chi connectivity index (χ3n) is 4.89. The van der Waals surface area contributed by atoms with Crippen molar-refractivity contribution in [3.8, 4) is 0 Å². The maximum absolute atomic E-state index is 12.5. The van der Waals surface area contributed by atoms with Crippen LogP contribution in [0.3, 0.4) is 0 Å². The minimum Gasteiger partial charge on any atom is -0.351 e. The van der Waals surface area contributed by atoms with Gasteiger partial charge in [0.2, 0.25) is 5.91 Å². The van der Waals surface area contributed by atoms with Crippen molar-refractivity contribution in [1.82, 2.24) is 10.2 Å². The average Bonchev–Trinajstić information content (AvgIpc) is 3.07. The lowest BCUT2D eigenvalue weighted by Gasteiger charge is -2.34. The number of likely N-dealkylation sites (tertiary alicyclic amines) is 1. The maximum atomic E-state index is 12.5. The molecule has 3 rings (SSSR count). The number of hydrogen-bond acceptors (Lipinski definition) is 3. The number of carbonyl (C=O) groups is 2. The second-order valence-electron chi connectivity index (χ2n) is 6.56. The van der Waals surface area contributed by atoms with Gasteiger partial charge in [-0.1, -0.05) is 23.8 Å². The van der Waals surface area contributed by atoms with E-state index >= 15 is 0 Å². The quantitative estimate of drug-likeness (QED) is 0.825. The summed E-state index contributed by atoms with van der Waals surface area (Å²) in [7, 11) is 0. The zero-order chi connectivity index (χ0) is 16.9. The van der Waals surface area contributed by atoms with E-state index < -0.39 is 0 Å². The van der Waals surface area contributed by atoms with Gasteiger partial charge in [0, 0.05) is 25.6 Å². The first kappa shape index (κ1) is 17.5. The van der Waals surface area contributed by atoms with Gasteiger partial charge in [-0.15, -0.1) is 11.3 Å². The Labute approximate surface area is 151 Å². The number of halogens is 1. The number of nitrogens with one attached hydrogen (secondary N) is 1. The van der Waals surface area contributed by atoms with Crippen LogP contribution in [0.25, 0.3) is 0 Å². The van der Waals surface area contributed by atoms with Gasteiger partial charge in [0.05, 0.1) is 9.21 Å². The largest absolute Gasteiger partial charge is 0.351 e. The Morgan fingerprint density at radius 1 is 1.21 bits per heavy atom. The molecule has 1 aromatic heterocycles. The summed E-state index contributed by atoms with van der Waals surface area (Å²) in [4.78, 5) is 27.2. The molecule has 1 aliphatic heterocycles. The van der Waals surface area contributed by atoms with Crippen molar-refractivity contribution in [2.24, 2.45) is 11.8 Å². The number of hydrogen-bond donors (Lipinski definition) is 1.